The zero-order chi connectivity index (χ0) is 45.9. The van der Waals surface area contributed by atoms with Gasteiger partial charge in [0.05, 0.1) is 28.1 Å². The molecule has 2 aromatic heterocycles. The van der Waals surface area contributed by atoms with Crippen LogP contribution in [0.3, 0.4) is 0 Å². The summed E-state index contributed by atoms with van der Waals surface area (Å²) < 4.78 is 9.60. The number of pyridine rings is 1. The Balaban J connectivity index is 1.24. The van der Waals surface area contributed by atoms with Crippen LogP contribution >= 0.6 is 0 Å². The van der Waals surface area contributed by atoms with Crippen molar-refractivity contribution in [2.45, 2.75) is 125 Å². The van der Waals surface area contributed by atoms with Gasteiger partial charge in [0.15, 0.2) is 0 Å². The van der Waals surface area contributed by atoms with Crippen LogP contribution in [-0.2, 0) is 17.4 Å². The summed E-state index contributed by atoms with van der Waals surface area (Å²) in [5.74, 6) is 3.21. The third-order valence-electron chi connectivity index (χ3n) is 13.6. The molecule has 0 saturated carbocycles. The third-order valence-corrected chi connectivity index (χ3v) is 13.6. The number of hydrogen-bond acceptors (Lipinski definition) is 4. The van der Waals surface area contributed by atoms with E-state index in [9.17, 15) is 0 Å². The van der Waals surface area contributed by atoms with Crippen molar-refractivity contribution in [3.8, 4) is 28.4 Å². The van der Waals surface area contributed by atoms with E-state index in [1.54, 1.807) is 0 Å². The maximum Gasteiger partial charge on any atom is 0.137 e. The normalized spacial score (nSPS) is 14.3. The van der Waals surface area contributed by atoms with Crippen LogP contribution in [0.5, 0.6) is 11.5 Å². The second-order valence-corrected chi connectivity index (χ2v) is 20.8. The molecule has 8 aromatic rings. The molecule has 332 valence electrons. The van der Waals surface area contributed by atoms with Gasteiger partial charge in [0.1, 0.15) is 23.5 Å². The van der Waals surface area contributed by atoms with Crippen molar-refractivity contribution in [1.29, 1.82) is 0 Å². The average Bonchev–Trinajstić information content (AvgIpc) is 3.78. The zero-order valence-corrected chi connectivity index (χ0v) is 40.6. The molecule has 5 nitrogen and oxygen atoms in total. The Morgan fingerprint density at radius 1 is 0.631 bits per heavy atom. The van der Waals surface area contributed by atoms with Gasteiger partial charge in [-0.2, -0.15) is 0 Å². The van der Waals surface area contributed by atoms with Crippen LogP contribution in [0.1, 0.15) is 128 Å². The number of fused-ring (bicyclic) bond motifs is 4. The monoisotopic (exact) mass is 859 g/mol. The highest BCUT2D eigenvalue weighted by Gasteiger charge is 2.38. The molecular weight excluding hydrogens is 793 g/mol. The summed E-state index contributed by atoms with van der Waals surface area (Å²) in [6.07, 6.45) is 2.95. The van der Waals surface area contributed by atoms with Gasteiger partial charge < -0.3 is 14.5 Å². The summed E-state index contributed by atoms with van der Waals surface area (Å²) in [6, 6.07) is 49.2. The number of ether oxygens (including phenoxy) is 1. The Morgan fingerprint density at radius 2 is 1.29 bits per heavy atom. The van der Waals surface area contributed by atoms with E-state index in [1.807, 2.05) is 6.20 Å². The van der Waals surface area contributed by atoms with Crippen molar-refractivity contribution in [2.24, 2.45) is 0 Å². The van der Waals surface area contributed by atoms with E-state index >= 15 is 0 Å². The molecule has 0 amide bonds. The molecule has 65 heavy (non-hydrogen) atoms. The molecule has 9 rings (SSSR count). The molecule has 6 aromatic carbocycles. The van der Waals surface area contributed by atoms with Crippen LogP contribution < -0.4 is 14.5 Å². The van der Waals surface area contributed by atoms with Crippen LogP contribution in [0.25, 0.3) is 38.8 Å². The van der Waals surface area contributed by atoms with E-state index in [1.165, 1.54) is 61.1 Å². The maximum atomic E-state index is 7.30. The third kappa shape index (κ3) is 7.98. The van der Waals surface area contributed by atoms with Gasteiger partial charge in [-0.3, -0.25) is 4.57 Å². The SMILES string of the molecule is CCC1N(Cc2ccccc2C(C)(C)C)c2ccccc2N1c1cc(-c2c(C(C)C)cccc2C(C)C)cc(Oc2ccc3c4ccccc4n(-c4cc(C(C)(C)C)ccn4)c3c2)c1C. The minimum absolute atomic E-state index is 0.0187. The maximum absolute atomic E-state index is 7.30. The summed E-state index contributed by atoms with van der Waals surface area (Å²) in [5.41, 5.74) is 16.1. The fourth-order valence-electron chi connectivity index (χ4n) is 10.3. The van der Waals surface area contributed by atoms with Crippen LogP contribution in [0, 0.1) is 6.92 Å². The van der Waals surface area contributed by atoms with Crippen molar-refractivity contribution in [3.63, 3.8) is 0 Å². The lowest BCUT2D eigenvalue weighted by Crippen LogP contribution is -2.40. The lowest BCUT2D eigenvalue weighted by Gasteiger charge is -2.35. The Morgan fingerprint density at radius 3 is 1.98 bits per heavy atom. The second kappa shape index (κ2) is 16.9. The summed E-state index contributed by atoms with van der Waals surface area (Å²) in [7, 11) is 0. The molecule has 0 aliphatic carbocycles. The second-order valence-electron chi connectivity index (χ2n) is 20.8. The van der Waals surface area contributed by atoms with Gasteiger partial charge in [-0.1, -0.05) is 149 Å². The van der Waals surface area contributed by atoms with E-state index in [0.29, 0.717) is 11.8 Å². The first-order chi connectivity index (χ1) is 31.0. The Bertz CT molecular complexity index is 3020. The standard InChI is InChI=1S/C60H66N4O/c1-13-57-62(37-41-21-14-16-25-49(41)60(10,11)12)51-27-18-19-28-52(51)64(57)53-33-42(58-45(38(2)3)23-20-24-46(58)39(4)5)34-55(40(53)6)65-44-29-30-48-47-22-15-17-26-50(47)63(54(48)36-44)56-35-43(31-32-61-56)59(7,8)9/h14-36,38-39,57H,13,37H2,1-12H3. The number of benzene rings is 6. The van der Waals surface area contributed by atoms with Crippen molar-refractivity contribution >= 4 is 38.9 Å². The van der Waals surface area contributed by atoms with E-state index in [0.717, 1.165) is 52.6 Å². The molecule has 1 unspecified atom stereocenters. The number of anilines is 3. The van der Waals surface area contributed by atoms with Crippen molar-refractivity contribution in [1.82, 2.24) is 9.55 Å². The van der Waals surface area contributed by atoms with E-state index in [-0.39, 0.29) is 17.0 Å². The molecule has 5 heteroatoms. The molecule has 0 spiro atoms. The lowest BCUT2D eigenvalue weighted by molar-refractivity contribution is 0.479. The molecule has 0 saturated heterocycles. The molecular formula is C60H66N4O. The summed E-state index contributed by atoms with van der Waals surface area (Å²) in [6.45, 7) is 28.4. The molecule has 0 N–H and O–H groups in total. The van der Waals surface area contributed by atoms with Gasteiger partial charge in [-0.25, -0.2) is 4.98 Å². The molecule has 0 fully saturated rings. The number of hydrogen-bond donors (Lipinski definition) is 0. The van der Waals surface area contributed by atoms with Gasteiger partial charge in [0, 0.05) is 35.1 Å². The zero-order valence-electron chi connectivity index (χ0n) is 40.6. The number of rotatable bonds is 10. The minimum atomic E-state index is -0.0187. The topological polar surface area (TPSA) is 33.5 Å². The molecule has 1 aliphatic heterocycles. The molecule has 0 bridgehead atoms. The lowest BCUT2D eigenvalue weighted by atomic mass is 9.83. The minimum Gasteiger partial charge on any atom is -0.457 e. The Kier molecular flexibility index (Phi) is 11.4. The first kappa shape index (κ1) is 43.9. The largest absolute Gasteiger partial charge is 0.457 e. The first-order valence-corrected chi connectivity index (χ1v) is 23.7. The number of para-hydroxylation sites is 3. The quantitative estimate of drug-likeness (QED) is 0.137. The molecule has 3 heterocycles. The van der Waals surface area contributed by atoms with Gasteiger partial charge in [-0.05, 0) is 130 Å². The first-order valence-electron chi connectivity index (χ1n) is 23.7. The van der Waals surface area contributed by atoms with Gasteiger partial charge in [-0.15, -0.1) is 0 Å². The fraction of sp³-hybridized carbons (Fsp3) is 0.317. The average molecular weight is 859 g/mol. The van der Waals surface area contributed by atoms with Gasteiger partial charge in [0.25, 0.3) is 0 Å². The highest BCUT2D eigenvalue weighted by atomic mass is 16.5. The summed E-state index contributed by atoms with van der Waals surface area (Å²) in [5, 5.41) is 2.36. The highest BCUT2D eigenvalue weighted by Crippen LogP contribution is 2.51. The van der Waals surface area contributed by atoms with Crippen molar-refractivity contribution in [3.05, 3.63) is 173 Å². The van der Waals surface area contributed by atoms with Gasteiger partial charge >= 0.3 is 0 Å². The molecule has 1 aliphatic rings. The van der Waals surface area contributed by atoms with E-state index in [4.69, 9.17) is 9.72 Å². The Labute approximate surface area is 387 Å². The van der Waals surface area contributed by atoms with Gasteiger partial charge in [0.2, 0.25) is 0 Å². The molecule has 0 radical (unpaired) electrons. The van der Waals surface area contributed by atoms with Crippen LogP contribution in [-0.4, -0.2) is 15.7 Å². The van der Waals surface area contributed by atoms with Crippen LogP contribution in [0.2, 0.25) is 0 Å². The number of aromatic nitrogens is 2. The van der Waals surface area contributed by atoms with Crippen LogP contribution in [0.4, 0.5) is 17.1 Å². The predicted molar refractivity (Wildman–Crippen MR) is 276 cm³/mol. The predicted octanol–water partition coefficient (Wildman–Crippen LogP) is 16.7. The van der Waals surface area contributed by atoms with Crippen LogP contribution in [0.15, 0.2) is 140 Å². The smallest absolute Gasteiger partial charge is 0.137 e. The summed E-state index contributed by atoms with van der Waals surface area (Å²) >= 11 is 0. The molecule has 1 atom stereocenters. The number of nitrogens with zero attached hydrogens (tertiary/aromatic N) is 4. The van der Waals surface area contributed by atoms with E-state index < -0.39 is 0 Å². The summed E-state index contributed by atoms with van der Waals surface area (Å²) in [4.78, 5) is 10.2. The highest BCUT2D eigenvalue weighted by molar-refractivity contribution is 6.09. The Hall–Kier alpha value is -6.33. The van der Waals surface area contributed by atoms with Crippen molar-refractivity contribution in [2.75, 3.05) is 9.80 Å². The fourth-order valence-corrected chi connectivity index (χ4v) is 10.3. The van der Waals surface area contributed by atoms with E-state index in [2.05, 4.69) is 231 Å². The van der Waals surface area contributed by atoms with Crippen molar-refractivity contribution < 1.29 is 4.74 Å².